The molecule has 1 aromatic rings. The van der Waals surface area contributed by atoms with Crippen molar-refractivity contribution in [1.82, 2.24) is 5.48 Å². The quantitative estimate of drug-likeness (QED) is 0.162. The molecule has 0 fully saturated rings. The van der Waals surface area contributed by atoms with E-state index in [2.05, 4.69) is 28.0 Å². The molecular weight excluding hydrogens is 566 g/mol. The lowest BCUT2D eigenvalue weighted by molar-refractivity contribution is -0.288. The third-order valence-corrected chi connectivity index (χ3v) is 4.66. The molecule has 1 amide bonds. The first kappa shape index (κ1) is 31.4. The van der Waals surface area contributed by atoms with Crippen molar-refractivity contribution >= 4 is 41.7 Å². The van der Waals surface area contributed by atoms with E-state index in [4.69, 9.17) is 5.73 Å². The summed E-state index contributed by atoms with van der Waals surface area (Å²) in [6.07, 6.45) is -0.638. The van der Waals surface area contributed by atoms with Crippen LogP contribution in [0.3, 0.4) is 0 Å². The fourth-order valence-corrected chi connectivity index (χ4v) is 2.67. The van der Waals surface area contributed by atoms with Gasteiger partial charge in [-0.25, -0.2) is 5.48 Å². The van der Waals surface area contributed by atoms with Crippen molar-refractivity contribution in [3.05, 3.63) is 29.3 Å². The number of nitrogens with one attached hydrogen (secondary N) is 1. The van der Waals surface area contributed by atoms with E-state index in [0.717, 1.165) is 0 Å². The molecule has 20 heteroatoms. The molecule has 1 aromatic carbocycles. The van der Waals surface area contributed by atoms with E-state index < -0.39 is 77.0 Å². The van der Waals surface area contributed by atoms with Crippen LogP contribution in [0.2, 0.25) is 0 Å². The molecule has 0 radical (unpaired) electrons. The van der Waals surface area contributed by atoms with Crippen LogP contribution in [0.4, 0.5) is 52.7 Å². The minimum absolute atomic E-state index is 0.110. The van der Waals surface area contributed by atoms with Crippen LogP contribution < -0.4 is 16.7 Å². The molecule has 0 bridgehead atoms. The predicted molar refractivity (Wildman–Crippen MR) is 96.2 cm³/mol. The number of benzene rings is 1. The van der Waals surface area contributed by atoms with E-state index in [-0.39, 0.29) is 18.2 Å². The molecule has 5 nitrogen and oxygen atoms in total. The van der Waals surface area contributed by atoms with Crippen molar-refractivity contribution in [2.24, 2.45) is 5.73 Å². The lowest BCUT2D eigenvalue weighted by Crippen LogP contribution is -2.57. The van der Waals surface area contributed by atoms with Crippen molar-refractivity contribution < 1.29 is 67.3 Å². The van der Waals surface area contributed by atoms with Gasteiger partial charge in [0, 0.05) is 29.6 Å². The van der Waals surface area contributed by atoms with E-state index in [9.17, 15) is 62.5 Å². The van der Waals surface area contributed by atoms with Gasteiger partial charge in [0.1, 0.15) is 0 Å². The van der Waals surface area contributed by atoms with Crippen molar-refractivity contribution in [3.63, 3.8) is 0 Å². The number of rotatable bonds is 11. The SMILES string of the molecule is NCCC(=O)NOB(O)c1c(C(F)(F)C(F)(F)C(F)(F)Cl)cccc1C(F)(F)C(F)(F)C(F)(F)Cl. The number of carbonyl (C=O) groups excluding carboxylic acids is 1. The van der Waals surface area contributed by atoms with Gasteiger partial charge in [0.05, 0.1) is 0 Å². The van der Waals surface area contributed by atoms with Crippen LogP contribution in [-0.4, -0.2) is 47.2 Å². The molecule has 1 rings (SSSR count). The first-order chi connectivity index (χ1) is 15.5. The molecule has 0 unspecified atom stereocenters. The molecule has 0 aliphatic heterocycles. The number of hydroxylamine groups is 1. The van der Waals surface area contributed by atoms with Crippen molar-refractivity contribution in [3.8, 4) is 0 Å². The lowest BCUT2D eigenvalue weighted by Gasteiger charge is -2.34. The van der Waals surface area contributed by atoms with Crippen LogP contribution in [0.5, 0.6) is 0 Å². The molecule has 200 valence electrons. The Morgan fingerprint density at radius 2 is 1.26 bits per heavy atom. The molecule has 0 aliphatic carbocycles. The fraction of sp³-hybridized carbons (Fsp3) is 0.533. The first-order valence-electron chi connectivity index (χ1n) is 8.59. The first-order valence-corrected chi connectivity index (χ1v) is 9.35. The highest BCUT2D eigenvalue weighted by Gasteiger charge is 2.75. The topological polar surface area (TPSA) is 84.6 Å². The van der Waals surface area contributed by atoms with Gasteiger partial charge in [-0.3, -0.25) is 9.55 Å². The van der Waals surface area contributed by atoms with Crippen molar-refractivity contribution in [2.45, 2.75) is 40.9 Å². The van der Waals surface area contributed by atoms with E-state index in [1.54, 1.807) is 0 Å². The fourth-order valence-electron chi connectivity index (χ4n) is 2.44. The second-order valence-corrected chi connectivity index (χ2v) is 7.54. The van der Waals surface area contributed by atoms with Crippen LogP contribution >= 0.6 is 23.2 Å². The molecule has 0 saturated carbocycles. The highest BCUT2D eigenvalue weighted by Crippen LogP contribution is 2.55. The Morgan fingerprint density at radius 3 is 1.57 bits per heavy atom. The zero-order valence-corrected chi connectivity index (χ0v) is 17.9. The van der Waals surface area contributed by atoms with Crippen molar-refractivity contribution in [2.75, 3.05) is 6.54 Å². The van der Waals surface area contributed by atoms with Gasteiger partial charge in [0.25, 0.3) is 0 Å². The van der Waals surface area contributed by atoms with E-state index >= 15 is 0 Å². The summed E-state index contributed by atoms with van der Waals surface area (Å²) in [6.45, 7) is -0.419. The van der Waals surface area contributed by atoms with E-state index in [0.29, 0.717) is 0 Å². The maximum atomic E-state index is 14.5. The molecule has 35 heavy (non-hydrogen) atoms. The summed E-state index contributed by atoms with van der Waals surface area (Å²) in [5.41, 5.74) is -1.80. The van der Waals surface area contributed by atoms with Crippen LogP contribution in [0.15, 0.2) is 18.2 Å². The molecule has 0 heterocycles. The Balaban J connectivity index is 3.94. The summed E-state index contributed by atoms with van der Waals surface area (Å²) in [4.78, 5) is 11.3. The summed E-state index contributed by atoms with van der Waals surface area (Å²) in [5.74, 6) is -27.3. The van der Waals surface area contributed by atoms with Gasteiger partial charge in [0.15, 0.2) is 0 Å². The maximum absolute atomic E-state index is 14.5. The van der Waals surface area contributed by atoms with Gasteiger partial charge < -0.3 is 10.8 Å². The predicted octanol–water partition coefficient (Wildman–Crippen LogP) is 3.89. The van der Waals surface area contributed by atoms with Gasteiger partial charge in [-0.15, -0.1) is 0 Å². The summed E-state index contributed by atoms with van der Waals surface area (Å²) >= 11 is 7.96. The normalized spacial score (nSPS) is 14.2. The summed E-state index contributed by atoms with van der Waals surface area (Å²) in [6, 6.07) is -0.756. The highest BCUT2D eigenvalue weighted by atomic mass is 35.5. The summed E-state index contributed by atoms with van der Waals surface area (Å²) in [5, 5.41) is -2.30. The molecule has 0 aromatic heterocycles. The minimum atomic E-state index is -6.65. The average molecular weight is 577 g/mol. The third kappa shape index (κ3) is 5.70. The number of nitrogens with two attached hydrogens (primary N) is 1. The molecule has 0 atom stereocenters. The monoisotopic (exact) mass is 576 g/mol. The van der Waals surface area contributed by atoms with Gasteiger partial charge in [-0.2, -0.15) is 52.7 Å². The number of halogens is 14. The Bertz CT molecular complexity index is 871. The Morgan fingerprint density at radius 1 is 0.886 bits per heavy atom. The number of carbonyl (C=O) groups is 1. The van der Waals surface area contributed by atoms with Crippen LogP contribution in [0.1, 0.15) is 17.5 Å². The minimum Gasteiger partial charge on any atom is -0.422 e. The van der Waals surface area contributed by atoms with Crippen molar-refractivity contribution in [1.29, 1.82) is 0 Å². The lowest BCUT2D eigenvalue weighted by atomic mass is 9.69. The van der Waals surface area contributed by atoms with E-state index in [1.807, 2.05) is 0 Å². The number of hydrogen-bond acceptors (Lipinski definition) is 4. The highest BCUT2D eigenvalue weighted by molar-refractivity contribution is 6.61. The Hall–Kier alpha value is -1.63. The zero-order valence-electron chi connectivity index (χ0n) is 16.4. The zero-order chi connectivity index (χ0) is 27.8. The van der Waals surface area contributed by atoms with Gasteiger partial charge in [0.2, 0.25) is 5.91 Å². The van der Waals surface area contributed by atoms with Crippen LogP contribution in [0.25, 0.3) is 0 Å². The molecule has 0 spiro atoms. The van der Waals surface area contributed by atoms with Crippen LogP contribution in [-0.2, 0) is 21.4 Å². The molecule has 0 aliphatic rings. The standard InChI is InChI=1S/C15H11BCl2F12N2O3/c17-14(27,28)12(23,24)10(19,20)6-2-1-3-7(11(21,22)13(25,26)15(18,29)30)9(6)16(34)35-32-8(33)4-5-31/h1-3,34H,4-5,31H2,(H,32,33). The third-order valence-electron chi connectivity index (χ3n) is 4.19. The second kappa shape index (κ2) is 10.0. The average Bonchev–Trinajstić information content (AvgIpc) is 2.69. The number of hydrogen-bond donors (Lipinski definition) is 3. The maximum Gasteiger partial charge on any atom is 0.515 e. The second-order valence-electron chi connectivity index (χ2n) is 6.59. The van der Waals surface area contributed by atoms with E-state index in [1.165, 1.54) is 5.48 Å². The molecular formula is C15H11BCl2F12N2O3. The van der Waals surface area contributed by atoms with Crippen LogP contribution in [0, 0.1) is 0 Å². The Labute approximate surface area is 197 Å². The van der Waals surface area contributed by atoms with Gasteiger partial charge >= 0.3 is 41.6 Å². The summed E-state index contributed by atoms with van der Waals surface area (Å²) in [7, 11) is -3.53. The number of amides is 1. The largest absolute Gasteiger partial charge is 0.515 e. The number of alkyl halides is 14. The Kier molecular flexibility index (Phi) is 9.00. The smallest absolute Gasteiger partial charge is 0.422 e. The molecule has 4 N–H and O–H groups in total. The molecule has 0 saturated heterocycles. The van der Waals surface area contributed by atoms with Gasteiger partial charge in [-0.1, -0.05) is 18.2 Å². The van der Waals surface area contributed by atoms with Gasteiger partial charge in [-0.05, 0) is 23.2 Å². The summed E-state index contributed by atoms with van der Waals surface area (Å²) < 4.78 is 169.